The molecular weight excluding hydrogens is 202 g/mol. The van der Waals surface area contributed by atoms with Gasteiger partial charge in [-0.3, -0.25) is 0 Å². The Hall–Kier alpha value is -0.130. The molecule has 0 bridgehead atoms. The summed E-state index contributed by atoms with van der Waals surface area (Å²) >= 11 is 3.71. The Labute approximate surface area is 86.3 Å². The van der Waals surface area contributed by atoms with Crippen LogP contribution in [0.3, 0.4) is 0 Å². The predicted octanol–water partition coefficient (Wildman–Crippen LogP) is 1.31. The summed E-state index contributed by atoms with van der Waals surface area (Å²) in [5.74, 6) is 2.50. The first kappa shape index (κ1) is 9.43. The van der Waals surface area contributed by atoms with Gasteiger partial charge < -0.3 is 5.32 Å². The van der Waals surface area contributed by atoms with Gasteiger partial charge in [0.2, 0.25) is 0 Å². The molecule has 1 saturated heterocycles. The minimum atomic E-state index is 0.707. The van der Waals surface area contributed by atoms with E-state index in [9.17, 15) is 0 Å². The summed E-state index contributed by atoms with van der Waals surface area (Å²) in [5.41, 5.74) is 0. The third kappa shape index (κ3) is 2.42. The molecule has 5 heteroatoms. The molecule has 72 valence electrons. The lowest BCUT2D eigenvalue weighted by atomic mass is 10.4. The largest absolute Gasteiger partial charge is 0.306 e. The quantitative estimate of drug-likeness (QED) is 0.821. The van der Waals surface area contributed by atoms with Gasteiger partial charge in [0.1, 0.15) is 10.0 Å². The van der Waals surface area contributed by atoms with Gasteiger partial charge in [0, 0.05) is 17.5 Å². The summed E-state index contributed by atoms with van der Waals surface area (Å²) in [4.78, 5) is 0. The van der Waals surface area contributed by atoms with E-state index in [0.717, 1.165) is 23.0 Å². The number of nitrogens with zero attached hydrogens (tertiary/aromatic N) is 2. The number of rotatable bonds is 4. The molecule has 0 spiro atoms. The number of nitrogens with one attached hydrogen (secondary N) is 1. The fraction of sp³-hybridized carbons (Fsp3) is 0.750. The van der Waals surface area contributed by atoms with Crippen molar-refractivity contribution in [3.05, 3.63) is 10.0 Å². The molecule has 0 unspecified atom stereocenters. The Morgan fingerprint density at radius 2 is 2.15 bits per heavy atom. The molecule has 1 aromatic heterocycles. The third-order valence-electron chi connectivity index (χ3n) is 1.99. The first-order chi connectivity index (χ1) is 6.38. The van der Waals surface area contributed by atoms with Crippen LogP contribution in [-0.2, 0) is 13.0 Å². The van der Waals surface area contributed by atoms with E-state index < -0.39 is 0 Å². The summed E-state index contributed by atoms with van der Waals surface area (Å²) in [5, 5.41) is 13.9. The predicted molar refractivity (Wildman–Crippen MR) is 57.2 cm³/mol. The van der Waals surface area contributed by atoms with E-state index in [4.69, 9.17) is 0 Å². The van der Waals surface area contributed by atoms with E-state index in [1.165, 1.54) is 11.5 Å². The van der Waals surface area contributed by atoms with Crippen LogP contribution in [0, 0.1) is 0 Å². The van der Waals surface area contributed by atoms with Gasteiger partial charge in [0.05, 0.1) is 6.54 Å². The molecular formula is C8H13N3S2. The van der Waals surface area contributed by atoms with Gasteiger partial charge in [-0.1, -0.05) is 6.92 Å². The lowest BCUT2D eigenvalue weighted by molar-refractivity contribution is 0.579. The first-order valence-corrected chi connectivity index (χ1v) is 6.48. The van der Waals surface area contributed by atoms with Crippen LogP contribution in [0.2, 0.25) is 0 Å². The third-order valence-corrected chi connectivity index (χ3v) is 4.33. The highest BCUT2D eigenvalue weighted by atomic mass is 32.2. The normalized spacial score (nSPS) is 17.3. The summed E-state index contributed by atoms with van der Waals surface area (Å²) in [7, 11) is 0. The number of aromatic nitrogens is 2. The van der Waals surface area contributed by atoms with Crippen LogP contribution < -0.4 is 5.32 Å². The van der Waals surface area contributed by atoms with E-state index in [0.29, 0.717) is 6.04 Å². The average Bonchev–Trinajstić information content (AvgIpc) is 2.49. The van der Waals surface area contributed by atoms with Crippen molar-refractivity contribution in [1.29, 1.82) is 0 Å². The van der Waals surface area contributed by atoms with E-state index in [1.54, 1.807) is 11.3 Å². The maximum absolute atomic E-state index is 4.12. The molecule has 1 fully saturated rings. The first-order valence-electron chi connectivity index (χ1n) is 4.51. The van der Waals surface area contributed by atoms with Crippen molar-refractivity contribution in [2.24, 2.45) is 0 Å². The Bertz CT molecular complexity index is 270. The molecule has 0 amide bonds. The van der Waals surface area contributed by atoms with Crippen LogP contribution in [0.25, 0.3) is 0 Å². The minimum absolute atomic E-state index is 0.707. The van der Waals surface area contributed by atoms with E-state index in [1.807, 2.05) is 11.8 Å². The van der Waals surface area contributed by atoms with Gasteiger partial charge >= 0.3 is 0 Å². The zero-order valence-electron chi connectivity index (χ0n) is 7.62. The molecule has 0 aliphatic carbocycles. The van der Waals surface area contributed by atoms with Crippen molar-refractivity contribution in [3.63, 3.8) is 0 Å². The van der Waals surface area contributed by atoms with Crippen LogP contribution in [0.5, 0.6) is 0 Å². The van der Waals surface area contributed by atoms with Crippen LogP contribution in [0.1, 0.15) is 16.9 Å². The molecule has 1 aliphatic heterocycles. The van der Waals surface area contributed by atoms with Crippen LogP contribution >= 0.6 is 23.1 Å². The van der Waals surface area contributed by atoms with E-state index in [2.05, 4.69) is 22.4 Å². The number of hydrogen-bond donors (Lipinski definition) is 1. The molecule has 2 rings (SSSR count). The molecule has 0 atom stereocenters. The van der Waals surface area contributed by atoms with E-state index in [-0.39, 0.29) is 0 Å². The monoisotopic (exact) mass is 215 g/mol. The summed E-state index contributed by atoms with van der Waals surface area (Å²) in [6.07, 6.45) is 0.997. The van der Waals surface area contributed by atoms with Crippen LogP contribution in [0.15, 0.2) is 0 Å². The second kappa shape index (κ2) is 4.39. The minimum Gasteiger partial charge on any atom is -0.306 e. The zero-order valence-corrected chi connectivity index (χ0v) is 9.25. The molecule has 1 aromatic rings. The van der Waals surface area contributed by atoms with Gasteiger partial charge in [-0.15, -0.1) is 21.5 Å². The molecule has 0 aromatic carbocycles. The number of hydrogen-bond acceptors (Lipinski definition) is 5. The molecule has 3 nitrogen and oxygen atoms in total. The Morgan fingerprint density at radius 1 is 1.38 bits per heavy atom. The summed E-state index contributed by atoms with van der Waals surface area (Å²) in [6, 6.07) is 0.707. The Kier molecular flexibility index (Phi) is 3.18. The van der Waals surface area contributed by atoms with Crippen molar-refractivity contribution in [2.45, 2.75) is 25.9 Å². The van der Waals surface area contributed by atoms with Crippen LogP contribution in [0.4, 0.5) is 0 Å². The van der Waals surface area contributed by atoms with Crippen molar-refractivity contribution < 1.29 is 0 Å². The molecule has 0 radical (unpaired) electrons. The van der Waals surface area contributed by atoms with Crippen molar-refractivity contribution in [3.8, 4) is 0 Å². The highest BCUT2D eigenvalue weighted by Gasteiger charge is 2.17. The lowest BCUT2D eigenvalue weighted by Crippen LogP contribution is -2.39. The highest BCUT2D eigenvalue weighted by molar-refractivity contribution is 8.00. The zero-order chi connectivity index (χ0) is 9.10. The van der Waals surface area contributed by atoms with Gasteiger partial charge in [-0.25, -0.2) is 0 Å². The average molecular weight is 215 g/mol. The number of thioether (sulfide) groups is 1. The maximum atomic E-state index is 4.12. The molecule has 13 heavy (non-hydrogen) atoms. The number of aryl methyl sites for hydroxylation is 1. The Balaban J connectivity index is 1.79. The second-order valence-corrected chi connectivity index (χ2v) is 5.28. The summed E-state index contributed by atoms with van der Waals surface area (Å²) in [6.45, 7) is 3.00. The SMILES string of the molecule is CCc1nnc(CNC2CSC2)s1. The van der Waals surface area contributed by atoms with Gasteiger partial charge in [0.25, 0.3) is 0 Å². The summed E-state index contributed by atoms with van der Waals surface area (Å²) < 4.78 is 0. The molecule has 1 aliphatic rings. The van der Waals surface area contributed by atoms with E-state index >= 15 is 0 Å². The highest BCUT2D eigenvalue weighted by Crippen LogP contribution is 2.18. The maximum Gasteiger partial charge on any atom is 0.131 e. The van der Waals surface area contributed by atoms with Gasteiger partial charge in [-0.2, -0.15) is 11.8 Å². The standard InChI is InChI=1S/C8H13N3S2/c1-2-7-10-11-8(13-7)3-9-6-4-12-5-6/h6,9H,2-5H2,1H3. The fourth-order valence-electron chi connectivity index (χ4n) is 1.09. The molecule has 0 saturated carbocycles. The van der Waals surface area contributed by atoms with Gasteiger partial charge in [-0.05, 0) is 6.42 Å². The molecule has 2 heterocycles. The van der Waals surface area contributed by atoms with Crippen LogP contribution in [-0.4, -0.2) is 27.7 Å². The fourth-order valence-corrected chi connectivity index (χ4v) is 2.53. The van der Waals surface area contributed by atoms with Gasteiger partial charge in [0.15, 0.2) is 0 Å². The smallest absolute Gasteiger partial charge is 0.131 e. The lowest BCUT2D eigenvalue weighted by Gasteiger charge is -2.25. The van der Waals surface area contributed by atoms with Crippen molar-refractivity contribution in [1.82, 2.24) is 15.5 Å². The van der Waals surface area contributed by atoms with Crippen molar-refractivity contribution in [2.75, 3.05) is 11.5 Å². The topological polar surface area (TPSA) is 37.8 Å². The van der Waals surface area contributed by atoms with Crippen molar-refractivity contribution >= 4 is 23.1 Å². The Morgan fingerprint density at radius 3 is 2.69 bits per heavy atom. The second-order valence-electron chi connectivity index (χ2n) is 3.06. The molecule has 1 N–H and O–H groups in total.